The molecule has 2 fully saturated rings. The summed E-state index contributed by atoms with van der Waals surface area (Å²) < 4.78 is 22.9. The quantitative estimate of drug-likeness (QED) is 0.749. The molecular weight excluding hydrogens is 368 g/mol. The van der Waals surface area contributed by atoms with E-state index in [1.54, 1.807) is 29.2 Å². The Morgan fingerprint density at radius 3 is 2.78 bits per heavy atom. The van der Waals surface area contributed by atoms with Crippen LogP contribution in [-0.4, -0.2) is 69.4 Å². The number of benzene rings is 1. The average Bonchev–Trinajstić information content (AvgIpc) is 2.70. The monoisotopic (exact) mass is 390 g/mol. The van der Waals surface area contributed by atoms with Gasteiger partial charge in [0.25, 0.3) is 5.91 Å². The molecule has 0 saturated carbocycles. The maximum atomic E-state index is 13.0. The second-order valence-corrected chi connectivity index (χ2v) is 9.35. The van der Waals surface area contributed by atoms with Gasteiger partial charge < -0.3 is 14.7 Å². The SMILES string of the molecule is C#Cc1cccc(C(=O)N=S2(=O)CCC3(CC2)CN(C(=O)CO)CCO3)c1. The first-order chi connectivity index (χ1) is 12.9. The van der Waals surface area contributed by atoms with Crippen LogP contribution in [0, 0.1) is 12.3 Å². The fourth-order valence-electron chi connectivity index (χ4n) is 3.42. The molecule has 1 spiro atoms. The van der Waals surface area contributed by atoms with Crippen LogP contribution in [0.15, 0.2) is 28.6 Å². The Hall–Kier alpha value is -2.21. The van der Waals surface area contributed by atoms with E-state index in [2.05, 4.69) is 10.3 Å². The highest BCUT2D eigenvalue weighted by Crippen LogP contribution is 2.32. The molecule has 2 amide bonds. The molecule has 1 aromatic rings. The molecule has 0 atom stereocenters. The standard InChI is InChI=1S/C19H22N2O5S/c1-2-15-4-3-5-16(12-15)18(24)20-27(25)10-6-19(7-11-27)14-21(8-9-26-19)17(23)13-22/h1,3-5,12,22H,6-11,13-14H2. The van der Waals surface area contributed by atoms with Crippen molar-refractivity contribution in [1.82, 2.24) is 4.90 Å². The number of hydrogen-bond donors (Lipinski definition) is 1. The fraction of sp³-hybridized carbons (Fsp3) is 0.474. The van der Waals surface area contributed by atoms with Crippen LogP contribution in [0.25, 0.3) is 0 Å². The lowest BCUT2D eigenvalue weighted by atomic mass is 9.94. The minimum atomic E-state index is -2.68. The van der Waals surface area contributed by atoms with Crippen LogP contribution in [0.2, 0.25) is 0 Å². The molecule has 8 heteroatoms. The maximum absolute atomic E-state index is 13.0. The molecule has 0 aliphatic carbocycles. The van der Waals surface area contributed by atoms with E-state index in [1.165, 1.54) is 0 Å². The van der Waals surface area contributed by atoms with Gasteiger partial charge in [0.05, 0.1) is 21.9 Å². The molecule has 0 radical (unpaired) electrons. The van der Waals surface area contributed by atoms with Gasteiger partial charge in [-0.15, -0.1) is 6.42 Å². The van der Waals surface area contributed by atoms with Crippen molar-refractivity contribution in [3.8, 4) is 12.3 Å². The third-order valence-electron chi connectivity index (χ3n) is 5.02. The highest BCUT2D eigenvalue weighted by atomic mass is 32.2. The predicted octanol–water partition coefficient (Wildman–Crippen LogP) is 0.660. The summed E-state index contributed by atoms with van der Waals surface area (Å²) in [6.07, 6.45) is 6.24. The number of carbonyl (C=O) groups is 2. The number of aliphatic hydroxyl groups is 1. The van der Waals surface area contributed by atoms with Crippen molar-refractivity contribution in [1.29, 1.82) is 0 Å². The summed E-state index contributed by atoms with van der Waals surface area (Å²) in [5.41, 5.74) is 0.311. The van der Waals surface area contributed by atoms with Crippen LogP contribution in [0.3, 0.4) is 0 Å². The predicted molar refractivity (Wildman–Crippen MR) is 101 cm³/mol. The molecular formula is C19H22N2O5S. The first-order valence-electron chi connectivity index (χ1n) is 8.75. The first-order valence-corrected chi connectivity index (χ1v) is 10.6. The second-order valence-electron chi connectivity index (χ2n) is 6.81. The average molecular weight is 390 g/mol. The number of nitrogens with zero attached hydrogens (tertiary/aromatic N) is 2. The van der Waals surface area contributed by atoms with Crippen molar-refractivity contribution in [3.05, 3.63) is 35.4 Å². The highest BCUT2D eigenvalue weighted by molar-refractivity contribution is 7.93. The van der Waals surface area contributed by atoms with Crippen LogP contribution in [0.4, 0.5) is 0 Å². The Morgan fingerprint density at radius 1 is 1.37 bits per heavy atom. The third kappa shape index (κ3) is 4.38. The largest absolute Gasteiger partial charge is 0.387 e. The van der Waals surface area contributed by atoms with E-state index in [0.717, 1.165) is 0 Å². The Kier molecular flexibility index (Phi) is 5.65. The molecule has 1 aromatic carbocycles. The molecule has 3 rings (SSSR count). The molecule has 0 bridgehead atoms. The second kappa shape index (κ2) is 7.80. The first kappa shape index (κ1) is 19.5. The topological polar surface area (TPSA) is 96.3 Å². The van der Waals surface area contributed by atoms with E-state index in [0.29, 0.717) is 43.7 Å². The Balaban J connectivity index is 1.72. The smallest absolute Gasteiger partial charge is 0.285 e. The third-order valence-corrected chi connectivity index (χ3v) is 7.20. The number of terminal acetylenes is 1. The molecule has 2 aliphatic rings. The van der Waals surface area contributed by atoms with Gasteiger partial charge in [-0.1, -0.05) is 12.0 Å². The van der Waals surface area contributed by atoms with Crippen LogP contribution in [0.1, 0.15) is 28.8 Å². The van der Waals surface area contributed by atoms with Gasteiger partial charge in [-0.25, -0.2) is 4.21 Å². The van der Waals surface area contributed by atoms with Gasteiger partial charge in [0.2, 0.25) is 5.91 Å². The molecule has 1 N–H and O–H groups in total. The van der Waals surface area contributed by atoms with Gasteiger partial charge in [-0.05, 0) is 31.0 Å². The minimum Gasteiger partial charge on any atom is -0.387 e. The summed E-state index contributed by atoms with van der Waals surface area (Å²) in [6, 6.07) is 6.54. The van der Waals surface area contributed by atoms with E-state index >= 15 is 0 Å². The molecule has 0 aromatic heterocycles. The number of rotatable bonds is 2. The fourth-order valence-corrected chi connectivity index (χ4v) is 5.59. The van der Waals surface area contributed by atoms with Crippen molar-refractivity contribution in [3.63, 3.8) is 0 Å². The number of ether oxygens (including phenoxy) is 1. The molecule has 2 heterocycles. The van der Waals surface area contributed by atoms with E-state index in [1.807, 2.05) is 0 Å². The minimum absolute atomic E-state index is 0.231. The molecule has 144 valence electrons. The zero-order valence-corrected chi connectivity index (χ0v) is 15.7. The summed E-state index contributed by atoms with van der Waals surface area (Å²) in [4.78, 5) is 25.7. The van der Waals surface area contributed by atoms with Gasteiger partial charge >= 0.3 is 0 Å². The molecule has 7 nitrogen and oxygen atoms in total. The molecule has 0 unspecified atom stereocenters. The zero-order chi connectivity index (χ0) is 19.5. The summed E-state index contributed by atoms with van der Waals surface area (Å²) >= 11 is 0. The lowest BCUT2D eigenvalue weighted by Crippen LogP contribution is -2.57. The summed E-state index contributed by atoms with van der Waals surface area (Å²) in [6.45, 7) is 0.639. The Bertz CT molecular complexity index is 897. The van der Waals surface area contributed by atoms with Gasteiger partial charge in [-0.3, -0.25) is 9.59 Å². The lowest BCUT2D eigenvalue weighted by Gasteiger charge is -2.45. The maximum Gasteiger partial charge on any atom is 0.285 e. The molecule has 2 aliphatic heterocycles. The van der Waals surface area contributed by atoms with Gasteiger partial charge in [-0.2, -0.15) is 4.36 Å². The van der Waals surface area contributed by atoms with Crippen molar-refractivity contribution >= 4 is 21.5 Å². The van der Waals surface area contributed by atoms with Crippen LogP contribution in [0.5, 0.6) is 0 Å². The number of carbonyl (C=O) groups excluding carboxylic acids is 2. The van der Waals surface area contributed by atoms with Gasteiger partial charge in [0, 0.05) is 35.7 Å². The van der Waals surface area contributed by atoms with Crippen LogP contribution >= 0.6 is 0 Å². The Labute approximate surface area is 158 Å². The normalized spacial score (nSPS) is 27.8. The highest BCUT2D eigenvalue weighted by Gasteiger charge is 2.42. The molecule has 27 heavy (non-hydrogen) atoms. The Morgan fingerprint density at radius 2 is 2.11 bits per heavy atom. The van der Waals surface area contributed by atoms with E-state index < -0.39 is 27.8 Å². The lowest BCUT2D eigenvalue weighted by molar-refractivity contribution is -0.154. The van der Waals surface area contributed by atoms with E-state index in [9.17, 15) is 13.8 Å². The van der Waals surface area contributed by atoms with Gasteiger partial charge in [0.15, 0.2) is 0 Å². The van der Waals surface area contributed by atoms with Crippen molar-refractivity contribution in [2.75, 3.05) is 37.8 Å². The summed E-state index contributed by atoms with van der Waals surface area (Å²) in [7, 11) is -2.68. The number of morpholine rings is 1. The summed E-state index contributed by atoms with van der Waals surface area (Å²) in [5, 5.41) is 9.06. The number of amides is 2. The molecule has 2 saturated heterocycles. The number of aliphatic hydroxyl groups excluding tert-OH is 1. The van der Waals surface area contributed by atoms with Crippen molar-refractivity contribution < 1.29 is 23.6 Å². The van der Waals surface area contributed by atoms with Crippen molar-refractivity contribution in [2.45, 2.75) is 18.4 Å². The van der Waals surface area contributed by atoms with Gasteiger partial charge in [0.1, 0.15) is 6.61 Å². The van der Waals surface area contributed by atoms with Crippen molar-refractivity contribution in [2.24, 2.45) is 4.36 Å². The summed E-state index contributed by atoms with van der Waals surface area (Å²) in [5.74, 6) is 2.05. The van der Waals surface area contributed by atoms with Crippen LogP contribution in [-0.2, 0) is 19.3 Å². The van der Waals surface area contributed by atoms with E-state index in [4.69, 9.17) is 16.3 Å². The van der Waals surface area contributed by atoms with Crippen LogP contribution < -0.4 is 0 Å². The van der Waals surface area contributed by atoms with E-state index in [-0.39, 0.29) is 17.4 Å². The zero-order valence-electron chi connectivity index (χ0n) is 14.9. The number of hydrogen-bond acceptors (Lipinski definition) is 5.